The van der Waals surface area contributed by atoms with Gasteiger partial charge in [0.05, 0.1) is 38.8 Å². The number of aromatic nitrogens is 3. The largest absolute Gasteiger partial charge is 0.456 e. The number of rotatable bonds is 4. The first-order valence-corrected chi connectivity index (χ1v) is 22.0. The highest BCUT2D eigenvalue weighted by atomic mass is 16.3. The first-order chi connectivity index (χ1) is 31.7. The van der Waals surface area contributed by atoms with E-state index in [2.05, 4.69) is 226 Å². The molecule has 0 unspecified atom stereocenters. The lowest BCUT2D eigenvalue weighted by molar-refractivity contribution is 0.669. The maximum absolute atomic E-state index is 6.67. The standard InChI is InChI=1S/C60H35N3O/c1-2-13-38(14-3-1)61-51-21-9-6-17-43(51)47-31-36(25-28-54(47)61)37-26-29-55-48(32-37)44-18-7-10-22-52(44)62(55)39-27-30-56-49(33-39)45-19-8-11-23-53(45)63(56)40-34-50-42-16-5-4-15-41(42)46-20-12-24-57-59(46)60(50)58(35-40)64-57/h1-35H. The Morgan fingerprint density at radius 1 is 0.234 bits per heavy atom. The number of nitrogens with zero attached hydrogens (tertiary/aromatic N) is 3. The van der Waals surface area contributed by atoms with E-state index in [0.29, 0.717) is 0 Å². The minimum atomic E-state index is 0.913. The zero-order valence-electron chi connectivity index (χ0n) is 34.5. The summed E-state index contributed by atoms with van der Waals surface area (Å²) < 4.78 is 13.9. The van der Waals surface area contributed by atoms with E-state index < -0.39 is 0 Å². The number of furan rings is 1. The molecule has 15 aromatic rings. The summed E-state index contributed by atoms with van der Waals surface area (Å²) in [7, 11) is 0. The van der Waals surface area contributed by atoms with Gasteiger partial charge in [0.15, 0.2) is 0 Å². The third kappa shape index (κ3) is 4.51. The molecule has 296 valence electrons. The van der Waals surface area contributed by atoms with E-state index in [0.717, 1.165) is 33.6 Å². The number of hydrogen-bond donors (Lipinski definition) is 0. The van der Waals surface area contributed by atoms with Crippen LogP contribution >= 0.6 is 0 Å². The molecule has 0 saturated carbocycles. The van der Waals surface area contributed by atoms with Crippen molar-refractivity contribution >= 4 is 109 Å². The summed E-state index contributed by atoms with van der Waals surface area (Å²) >= 11 is 0. The topological polar surface area (TPSA) is 27.9 Å². The predicted molar refractivity (Wildman–Crippen MR) is 268 cm³/mol. The van der Waals surface area contributed by atoms with Gasteiger partial charge in [-0.2, -0.15) is 0 Å². The van der Waals surface area contributed by atoms with Crippen molar-refractivity contribution in [2.75, 3.05) is 0 Å². The summed E-state index contributed by atoms with van der Waals surface area (Å²) in [6.45, 7) is 0. The van der Waals surface area contributed by atoms with E-state index in [4.69, 9.17) is 4.42 Å². The molecule has 64 heavy (non-hydrogen) atoms. The normalized spacial score (nSPS) is 12.4. The van der Waals surface area contributed by atoms with Crippen molar-refractivity contribution in [1.82, 2.24) is 13.7 Å². The minimum Gasteiger partial charge on any atom is -0.456 e. The summed E-state index contributed by atoms with van der Waals surface area (Å²) in [6.07, 6.45) is 0. The van der Waals surface area contributed by atoms with Gasteiger partial charge in [-0.3, -0.25) is 0 Å². The summed E-state index contributed by atoms with van der Waals surface area (Å²) in [5, 5.41) is 14.7. The van der Waals surface area contributed by atoms with Crippen LogP contribution in [0.1, 0.15) is 0 Å². The monoisotopic (exact) mass is 813 g/mol. The van der Waals surface area contributed by atoms with E-state index >= 15 is 0 Å². The van der Waals surface area contributed by atoms with Crippen LogP contribution in [-0.2, 0) is 0 Å². The molecule has 0 fully saturated rings. The zero-order chi connectivity index (χ0) is 41.6. The maximum Gasteiger partial charge on any atom is 0.138 e. The van der Waals surface area contributed by atoms with Gasteiger partial charge in [-0.05, 0) is 118 Å². The second-order valence-corrected chi connectivity index (χ2v) is 17.3. The quantitative estimate of drug-likeness (QED) is 0.163. The van der Waals surface area contributed by atoms with Crippen molar-refractivity contribution in [3.05, 3.63) is 212 Å². The van der Waals surface area contributed by atoms with Gasteiger partial charge in [0.25, 0.3) is 0 Å². The van der Waals surface area contributed by atoms with Crippen molar-refractivity contribution in [1.29, 1.82) is 0 Å². The van der Waals surface area contributed by atoms with Crippen molar-refractivity contribution in [2.45, 2.75) is 0 Å². The fraction of sp³-hybridized carbons (Fsp3) is 0. The molecule has 0 bridgehead atoms. The first-order valence-electron chi connectivity index (χ1n) is 22.0. The number of para-hydroxylation sites is 4. The van der Waals surface area contributed by atoms with Crippen LogP contribution in [0.15, 0.2) is 217 Å². The van der Waals surface area contributed by atoms with E-state index in [1.807, 2.05) is 0 Å². The van der Waals surface area contributed by atoms with Crippen LogP contribution in [0.25, 0.3) is 137 Å². The lowest BCUT2D eigenvalue weighted by atomic mass is 9.94. The van der Waals surface area contributed by atoms with Crippen LogP contribution in [0, 0.1) is 0 Å². The molecular weight excluding hydrogens is 779 g/mol. The van der Waals surface area contributed by atoms with Gasteiger partial charge in [0.2, 0.25) is 0 Å². The fourth-order valence-corrected chi connectivity index (χ4v) is 11.3. The molecule has 4 aromatic heterocycles. The minimum absolute atomic E-state index is 0.913. The Hall–Kier alpha value is -8.60. The molecule has 15 rings (SSSR count). The fourth-order valence-electron chi connectivity index (χ4n) is 11.3. The van der Waals surface area contributed by atoms with Gasteiger partial charge in [-0.25, -0.2) is 0 Å². The highest BCUT2D eigenvalue weighted by Gasteiger charge is 2.22. The second-order valence-electron chi connectivity index (χ2n) is 17.3. The van der Waals surface area contributed by atoms with Gasteiger partial charge in [0.1, 0.15) is 11.2 Å². The van der Waals surface area contributed by atoms with Gasteiger partial charge < -0.3 is 18.1 Å². The van der Waals surface area contributed by atoms with E-state index in [-0.39, 0.29) is 0 Å². The van der Waals surface area contributed by atoms with Gasteiger partial charge >= 0.3 is 0 Å². The molecule has 0 N–H and O–H groups in total. The van der Waals surface area contributed by atoms with Gasteiger partial charge in [-0.15, -0.1) is 0 Å². The molecule has 0 amide bonds. The number of benzene rings is 11. The molecule has 0 spiro atoms. The maximum atomic E-state index is 6.67. The van der Waals surface area contributed by atoms with E-state index in [1.54, 1.807) is 0 Å². The molecule has 0 atom stereocenters. The third-order valence-corrected chi connectivity index (χ3v) is 14.0. The van der Waals surface area contributed by atoms with Crippen molar-refractivity contribution < 1.29 is 4.42 Å². The molecule has 0 aliphatic carbocycles. The van der Waals surface area contributed by atoms with Crippen LogP contribution in [0.4, 0.5) is 0 Å². The average Bonchev–Trinajstić information content (AvgIpc) is 4.10. The lowest BCUT2D eigenvalue weighted by Crippen LogP contribution is -1.96. The summed E-state index contributed by atoms with van der Waals surface area (Å²) in [5.41, 5.74) is 14.7. The van der Waals surface area contributed by atoms with Crippen LogP contribution < -0.4 is 0 Å². The molecule has 0 saturated heterocycles. The van der Waals surface area contributed by atoms with Crippen molar-refractivity contribution in [3.63, 3.8) is 0 Å². The second kappa shape index (κ2) is 12.5. The van der Waals surface area contributed by atoms with Crippen molar-refractivity contribution in [3.8, 4) is 28.2 Å². The molecule has 11 aromatic carbocycles. The lowest BCUT2D eigenvalue weighted by Gasteiger charge is -2.13. The van der Waals surface area contributed by atoms with Crippen molar-refractivity contribution in [2.24, 2.45) is 0 Å². The number of hydrogen-bond acceptors (Lipinski definition) is 1. The Balaban J connectivity index is 0.913. The van der Waals surface area contributed by atoms with Gasteiger partial charge in [0, 0.05) is 60.5 Å². The summed E-state index contributed by atoms with van der Waals surface area (Å²) in [5.74, 6) is 0. The average molecular weight is 814 g/mol. The SMILES string of the molecule is c1ccc(-n2c3ccccc3c3cc(-c4ccc5c(c4)c4ccccc4n5-c4ccc5c(c4)c4ccccc4n5-c4cc5oc6cccc7c8ccccc8c(c4)c5c67)ccc32)cc1. The highest BCUT2D eigenvalue weighted by Crippen LogP contribution is 2.45. The Labute approximate surface area is 366 Å². The smallest absolute Gasteiger partial charge is 0.138 e. The van der Waals surface area contributed by atoms with Crippen LogP contribution in [0.2, 0.25) is 0 Å². The zero-order valence-corrected chi connectivity index (χ0v) is 34.5. The molecule has 4 heterocycles. The van der Waals surface area contributed by atoms with Gasteiger partial charge in [-0.1, -0.05) is 121 Å². The Bertz CT molecular complexity index is 4420. The Morgan fingerprint density at radius 3 is 1.30 bits per heavy atom. The van der Waals surface area contributed by atoms with Crippen LogP contribution in [0.5, 0.6) is 0 Å². The summed E-state index contributed by atoms with van der Waals surface area (Å²) in [6, 6.07) is 77.8. The first kappa shape index (κ1) is 34.0. The Morgan fingerprint density at radius 2 is 0.672 bits per heavy atom. The molecule has 0 aliphatic rings. The molecular formula is C60H35N3O. The van der Waals surface area contributed by atoms with Crippen LogP contribution in [0.3, 0.4) is 0 Å². The Kier molecular flexibility index (Phi) is 6.65. The molecule has 4 heteroatoms. The molecule has 0 aliphatic heterocycles. The third-order valence-electron chi connectivity index (χ3n) is 14.0. The van der Waals surface area contributed by atoms with E-state index in [9.17, 15) is 0 Å². The highest BCUT2D eigenvalue weighted by molar-refractivity contribution is 6.33. The summed E-state index contributed by atoms with van der Waals surface area (Å²) in [4.78, 5) is 0. The number of fused-ring (bicyclic) bond motifs is 12. The molecule has 4 nitrogen and oxygen atoms in total. The van der Waals surface area contributed by atoms with Crippen LogP contribution in [-0.4, -0.2) is 13.7 Å². The van der Waals surface area contributed by atoms with E-state index in [1.165, 1.54) is 104 Å². The predicted octanol–water partition coefficient (Wildman–Crippen LogP) is 16.3. The molecule has 0 radical (unpaired) electrons.